The summed E-state index contributed by atoms with van der Waals surface area (Å²) in [6, 6.07) is 6.94. The van der Waals surface area contributed by atoms with Gasteiger partial charge in [0.05, 0.1) is 0 Å². The lowest BCUT2D eigenvalue weighted by molar-refractivity contribution is 0.286. The van der Waals surface area contributed by atoms with Crippen LogP contribution in [0.15, 0.2) is 24.3 Å². The molecule has 1 nitrogen and oxygen atoms in total. The fraction of sp³-hybridized carbons (Fsp3) is 0.500. The molecule has 1 atom stereocenters. The van der Waals surface area contributed by atoms with Gasteiger partial charge in [0.1, 0.15) is 5.82 Å². The van der Waals surface area contributed by atoms with Crippen molar-refractivity contribution in [3.8, 4) is 0 Å². The topological polar surface area (TPSA) is 12.0 Å². The van der Waals surface area contributed by atoms with Crippen LogP contribution in [-0.2, 0) is 0 Å². The lowest BCUT2D eigenvalue weighted by atomic mass is 9.82. The number of hydrogen-bond donors (Lipinski definition) is 1. The molecule has 0 heterocycles. The first kappa shape index (κ1) is 11.2. The first-order valence-electron chi connectivity index (χ1n) is 4.88. The largest absolute Gasteiger partial charge is 0.313 e. The Morgan fingerprint density at radius 2 is 1.93 bits per heavy atom. The Hall–Kier alpha value is -0.890. The summed E-state index contributed by atoms with van der Waals surface area (Å²) in [7, 11) is 1.90. The fourth-order valence-corrected chi connectivity index (χ4v) is 1.79. The molecule has 0 aliphatic carbocycles. The van der Waals surface area contributed by atoms with Gasteiger partial charge in [-0.2, -0.15) is 0 Å². The van der Waals surface area contributed by atoms with E-state index in [4.69, 9.17) is 0 Å². The maximum absolute atomic E-state index is 13.0. The van der Waals surface area contributed by atoms with Crippen molar-refractivity contribution in [2.24, 2.45) is 5.41 Å². The molecule has 0 bridgehead atoms. The van der Waals surface area contributed by atoms with Crippen molar-refractivity contribution in [3.05, 3.63) is 35.6 Å². The molecule has 0 radical (unpaired) electrons. The third-order valence-electron chi connectivity index (χ3n) is 2.34. The molecule has 0 saturated carbocycles. The highest BCUT2D eigenvalue weighted by Gasteiger charge is 2.24. The molecule has 0 aliphatic rings. The predicted octanol–water partition coefficient (Wildman–Crippen LogP) is 3.13. The molecule has 0 saturated heterocycles. The number of hydrogen-bond acceptors (Lipinski definition) is 1. The van der Waals surface area contributed by atoms with E-state index >= 15 is 0 Å². The average Bonchev–Trinajstić information content (AvgIpc) is 2.02. The SMILES string of the molecule is CNC(c1cccc(F)c1)C(C)(C)C. The Bertz CT molecular complexity index is 301. The smallest absolute Gasteiger partial charge is 0.123 e. The Labute approximate surface area is 85.3 Å². The van der Waals surface area contributed by atoms with Gasteiger partial charge >= 0.3 is 0 Å². The van der Waals surface area contributed by atoms with Gasteiger partial charge in [0.15, 0.2) is 0 Å². The fourth-order valence-electron chi connectivity index (χ4n) is 1.79. The second kappa shape index (κ2) is 4.09. The van der Waals surface area contributed by atoms with Crippen LogP contribution in [-0.4, -0.2) is 7.05 Å². The van der Waals surface area contributed by atoms with E-state index in [0.717, 1.165) is 5.56 Å². The van der Waals surface area contributed by atoms with Gasteiger partial charge in [0, 0.05) is 6.04 Å². The van der Waals surface area contributed by atoms with Crippen molar-refractivity contribution in [1.29, 1.82) is 0 Å². The minimum absolute atomic E-state index is 0.0859. The van der Waals surface area contributed by atoms with Gasteiger partial charge in [-0.3, -0.25) is 0 Å². The van der Waals surface area contributed by atoms with Crippen LogP contribution < -0.4 is 5.32 Å². The van der Waals surface area contributed by atoms with E-state index in [1.807, 2.05) is 13.1 Å². The Kier molecular flexibility index (Phi) is 3.27. The Morgan fingerprint density at radius 3 is 2.36 bits per heavy atom. The van der Waals surface area contributed by atoms with E-state index in [0.29, 0.717) is 0 Å². The van der Waals surface area contributed by atoms with Gasteiger partial charge in [0.25, 0.3) is 0 Å². The first-order valence-corrected chi connectivity index (χ1v) is 4.88. The zero-order chi connectivity index (χ0) is 10.8. The number of rotatable bonds is 2. The van der Waals surface area contributed by atoms with E-state index in [9.17, 15) is 4.39 Å². The first-order chi connectivity index (χ1) is 6.45. The van der Waals surface area contributed by atoms with Gasteiger partial charge in [-0.25, -0.2) is 4.39 Å². The molecular weight excluding hydrogens is 177 g/mol. The summed E-state index contributed by atoms with van der Waals surface area (Å²) in [6.07, 6.45) is 0. The van der Waals surface area contributed by atoms with Crippen molar-refractivity contribution < 1.29 is 4.39 Å². The van der Waals surface area contributed by atoms with Crippen LogP contribution in [0.1, 0.15) is 32.4 Å². The number of halogens is 1. The summed E-state index contributed by atoms with van der Waals surface area (Å²) >= 11 is 0. The van der Waals surface area contributed by atoms with Crippen LogP contribution in [0.5, 0.6) is 0 Å². The maximum atomic E-state index is 13.0. The average molecular weight is 195 g/mol. The highest BCUT2D eigenvalue weighted by Crippen LogP contribution is 2.32. The van der Waals surface area contributed by atoms with Crippen LogP contribution in [0, 0.1) is 11.2 Å². The summed E-state index contributed by atoms with van der Waals surface area (Å²) in [5.74, 6) is -0.174. The van der Waals surface area contributed by atoms with Crippen LogP contribution in [0.25, 0.3) is 0 Å². The molecule has 1 N–H and O–H groups in total. The summed E-state index contributed by atoms with van der Waals surface area (Å²) in [5, 5.41) is 3.22. The minimum Gasteiger partial charge on any atom is -0.313 e. The second-order valence-electron chi connectivity index (χ2n) is 4.64. The molecule has 78 valence electrons. The van der Waals surface area contributed by atoms with Crippen molar-refractivity contribution >= 4 is 0 Å². The van der Waals surface area contributed by atoms with E-state index in [1.54, 1.807) is 12.1 Å². The molecule has 1 unspecified atom stereocenters. The maximum Gasteiger partial charge on any atom is 0.123 e. The van der Waals surface area contributed by atoms with Crippen molar-refractivity contribution in [1.82, 2.24) is 5.32 Å². The highest BCUT2D eigenvalue weighted by molar-refractivity contribution is 5.21. The molecule has 0 amide bonds. The molecular formula is C12H18FN. The standard InChI is InChI=1S/C12H18FN/c1-12(2,3)11(14-4)9-6-5-7-10(13)8-9/h5-8,11,14H,1-4H3. The van der Waals surface area contributed by atoms with Gasteiger partial charge in [-0.15, -0.1) is 0 Å². The Balaban J connectivity index is 3.01. The van der Waals surface area contributed by atoms with Gasteiger partial charge < -0.3 is 5.32 Å². The van der Waals surface area contributed by atoms with Crippen molar-refractivity contribution in [2.45, 2.75) is 26.8 Å². The molecule has 0 spiro atoms. The molecule has 1 aromatic carbocycles. The lowest BCUT2D eigenvalue weighted by Crippen LogP contribution is -2.29. The predicted molar refractivity (Wildman–Crippen MR) is 57.7 cm³/mol. The minimum atomic E-state index is -0.174. The van der Waals surface area contributed by atoms with Gasteiger partial charge in [-0.1, -0.05) is 32.9 Å². The number of nitrogens with one attached hydrogen (secondary N) is 1. The second-order valence-corrected chi connectivity index (χ2v) is 4.64. The summed E-state index contributed by atoms with van der Waals surface area (Å²) in [6.45, 7) is 6.41. The van der Waals surface area contributed by atoms with E-state index in [2.05, 4.69) is 26.1 Å². The van der Waals surface area contributed by atoms with Crippen molar-refractivity contribution in [3.63, 3.8) is 0 Å². The normalized spacial score (nSPS) is 14.1. The number of benzene rings is 1. The van der Waals surface area contributed by atoms with E-state index in [1.165, 1.54) is 6.07 Å². The van der Waals surface area contributed by atoms with E-state index in [-0.39, 0.29) is 17.3 Å². The summed E-state index contributed by atoms with van der Waals surface area (Å²) in [4.78, 5) is 0. The van der Waals surface area contributed by atoms with Crippen LogP contribution in [0.3, 0.4) is 0 Å². The van der Waals surface area contributed by atoms with Gasteiger partial charge in [-0.05, 0) is 30.2 Å². The third kappa shape index (κ3) is 2.55. The monoisotopic (exact) mass is 195 g/mol. The molecule has 1 aromatic rings. The zero-order valence-corrected chi connectivity index (χ0v) is 9.26. The lowest BCUT2D eigenvalue weighted by Gasteiger charge is -2.30. The van der Waals surface area contributed by atoms with Crippen LogP contribution in [0.4, 0.5) is 4.39 Å². The third-order valence-corrected chi connectivity index (χ3v) is 2.34. The highest BCUT2D eigenvalue weighted by atomic mass is 19.1. The zero-order valence-electron chi connectivity index (χ0n) is 9.26. The quantitative estimate of drug-likeness (QED) is 0.764. The molecule has 14 heavy (non-hydrogen) atoms. The molecule has 1 rings (SSSR count). The van der Waals surface area contributed by atoms with E-state index < -0.39 is 0 Å². The molecule has 0 aliphatic heterocycles. The van der Waals surface area contributed by atoms with Crippen LogP contribution >= 0.6 is 0 Å². The molecule has 2 heteroatoms. The molecule has 0 fully saturated rings. The Morgan fingerprint density at radius 1 is 1.29 bits per heavy atom. The van der Waals surface area contributed by atoms with Gasteiger partial charge in [0.2, 0.25) is 0 Å². The summed E-state index contributed by atoms with van der Waals surface area (Å²) in [5.41, 5.74) is 1.09. The van der Waals surface area contributed by atoms with Crippen molar-refractivity contribution in [2.75, 3.05) is 7.05 Å². The van der Waals surface area contributed by atoms with Crippen LogP contribution in [0.2, 0.25) is 0 Å². The summed E-state index contributed by atoms with van der Waals surface area (Å²) < 4.78 is 13.0. The molecule has 0 aromatic heterocycles.